The minimum Gasteiger partial charge on any atom is -0.380 e. The highest BCUT2D eigenvalue weighted by atomic mass is 35.5. The maximum Gasteiger partial charge on any atom is 0.225 e. The Labute approximate surface area is 117 Å². The molecule has 0 heterocycles. The molecule has 0 aliphatic heterocycles. The van der Waals surface area contributed by atoms with Gasteiger partial charge in [0.25, 0.3) is 0 Å². The first-order chi connectivity index (χ1) is 8.10. The first-order valence-corrected chi connectivity index (χ1v) is 6.64. The van der Waals surface area contributed by atoms with E-state index < -0.39 is 0 Å². The summed E-state index contributed by atoms with van der Waals surface area (Å²) in [5.74, 6) is 0.184. The third-order valence-corrected chi connectivity index (χ3v) is 3.56. The predicted octanol–water partition coefficient (Wildman–Crippen LogP) is 1.95. The Balaban J connectivity index is 0.00000289. The van der Waals surface area contributed by atoms with E-state index in [0.29, 0.717) is 19.0 Å². The van der Waals surface area contributed by atoms with Gasteiger partial charge in [-0.1, -0.05) is 12.8 Å². The lowest BCUT2D eigenvalue weighted by molar-refractivity contribution is -0.137. The first kappa shape index (κ1) is 17.7. The van der Waals surface area contributed by atoms with Gasteiger partial charge in [0.1, 0.15) is 0 Å². The Morgan fingerprint density at radius 2 is 1.94 bits per heavy atom. The van der Waals surface area contributed by atoms with Crippen LogP contribution >= 0.6 is 12.4 Å². The Kier molecular flexibility index (Phi) is 8.57. The van der Waals surface area contributed by atoms with Crippen LogP contribution in [0.3, 0.4) is 0 Å². The first-order valence-electron chi connectivity index (χ1n) is 6.64. The lowest BCUT2D eigenvalue weighted by Gasteiger charge is -2.33. The second-order valence-corrected chi connectivity index (χ2v) is 5.13. The molecule has 1 saturated carbocycles. The van der Waals surface area contributed by atoms with Crippen molar-refractivity contribution in [1.29, 1.82) is 0 Å². The number of hydrogen-bond donors (Lipinski definition) is 1. The molecule has 0 radical (unpaired) electrons. The van der Waals surface area contributed by atoms with E-state index in [4.69, 9.17) is 10.5 Å². The molecule has 1 aliphatic rings. The van der Waals surface area contributed by atoms with Crippen molar-refractivity contribution < 1.29 is 9.53 Å². The molecule has 1 rings (SSSR count). The van der Waals surface area contributed by atoms with Gasteiger partial charge in [-0.2, -0.15) is 0 Å². The molecule has 0 aromatic heterocycles. The quantitative estimate of drug-likeness (QED) is 0.808. The summed E-state index contributed by atoms with van der Waals surface area (Å²) in [4.78, 5) is 14.3. The number of halogens is 1. The van der Waals surface area contributed by atoms with Gasteiger partial charge in [-0.25, -0.2) is 0 Å². The molecule has 4 nitrogen and oxygen atoms in total. The third-order valence-electron chi connectivity index (χ3n) is 3.56. The minimum atomic E-state index is -0.148. The molecule has 2 N–H and O–H groups in total. The molecule has 1 fully saturated rings. The Bertz CT molecular complexity index is 239. The van der Waals surface area contributed by atoms with Crippen LogP contribution in [0.1, 0.15) is 46.0 Å². The summed E-state index contributed by atoms with van der Waals surface area (Å²) < 4.78 is 5.19. The van der Waals surface area contributed by atoms with Crippen molar-refractivity contribution in [3.05, 3.63) is 0 Å². The van der Waals surface area contributed by atoms with Crippen LogP contribution in [0.2, 0.25) is 0 Å². The van der Waals surface area contributed by atoms with E-state index in [1.165, 1.54) is 12.8 Å². The van der Waals surface area contributed by atoms with E-state index >= 15 is 0 Å². The van der Waals surface area contributed by atoms with Gasteiger partial charge in [-0.15, -0.1) is 12.4 Å². The molecular formula is C13H27ClN2O2. The van der Waals surface area contributed by atoms with Crippen molar-refractivity contribution >= 4 is 18.3 Å². The molecule has 18 heavy (non-hydrogen) atoms. The standard InChI is InChI=1S/C13H26N2O2.ClH/c1-10(2)15(11-6-4-5-7-11)13(16)8-12(9-14)17-3;/h10-12H,4-9,14H2,1-3H3;1H. The highest BCUT2D eigenvalue weighted by Gasteiger charge is 2.29. The van der Waals surface area contributed by atoms with Gasteiger partial charge in [-0.3, -0.25) is 4.79 Å². The molecule has 0 aromatic rings. The lowest BCUT2D eigenvalue weighted by atomic mass is 10.1. The Morgan fingerprint density at radius 3 is 2.33 bits per heavy atom. The molecule has 108 valence electrons. The van der Waals surface area contributed by atoms with E-state index in [2.05, 4.69) is 13.8 Å². The second-order valence-electron chi connectivity index (χ2n) is 5.13. The fraction of sp³-hybridized carbons (Fsp3) is 0.923. The van der Waals surface area contributed by atoms with Gasteiger partial charge in [0.05, 0.1) is 12.5 Å². The van der Waals surface area contributed by atoms with Crippen molar-refractivity contribution in [2.24, 2.45) is 5.73 Å². The summed E-state index contributed by atoms with van der Waals surface area (Å²) in [6.45, 7) is 4.57. The molecule has 1 amide bonds. The third kappa shape index (κ3) is 4.75. The summed E-state index contributed by atoms with van der Waals surface area (Å²) in [6.07, 6.45) is 5.03. The molecule has 1 atom stereocenters. The number of nitrogens with zero attached hydrogens (tertiary/aromatic N) is 1. The fourth-order valence-electron chi connectivity index (χ4n) is 2.66. The maximum absolute atomic E-state index is 12.3. The van der Waals surface area contributed by atoms with Gasteiger partial charge in [-0.05, 0) is 26.7 Å². The predicted molar refractivity (Wildman–Crippen MR) is 76.0 cm³/mol. The molecule has 5 heteroatoms. The normalized spacial score (nSPS) is 17.6. The maximum atomic E-state index is 12.3. The number of amides is 1. The smallest absolute Gasteiger partial charge is 0.225 e. The number of carbonyl (C=O) groups is 1. The molecule has 0 spiro atoms. The van der Waals surface area contributed by atoms with Gasteiger partial charge >= 0.3 is 0 Å². The minimum absolute atomic E-state index is 0. The van der Waals surface area contributed by atoms with Crippen LogP contribution in [0.5, 0.6) is 0 Å². The van der Waals surface area contributed by atoms with Gasteiger partial charge in [0.15, 0.2) is 0 Å². The van der Waals surface area contributed by atoms with Crippen LogP contribution in [-0.4, -0.2) is 42.6 Å². The Morgan fingerprint density at radius 1 is 1.39 bits per heavy atom. The molecule has 0 aromatic carbocycles. The monoisotopic (exact) mass is 278 g/mol. The molecule has 0 bridgehead atoms. The van der Waals surface area contributed by atoms with E-state index in [1.807, 2.05) is 4.90 Å². The highest BCUT2D eigenvalue weighted by Crippen LogP contribution is 2.26. The average molecular weight is 279 g/mol. The largest absolute Gasteiger partial charge is 0.380 e. The number of rotatable bonds is 6. The van der Waals surface area contributed by atoms with Crippen LogP contribution in [0.4, 0.5) is 0 Å². The van der Waals surface area contributed by atoms with Crippen molar-refractivity contribution in [3.8, 4) is 0 Å². The van der Waals surface area contributed by atoms with Gasteiger partial charge in [0.2, 0.25) is 5.91 Å². The number of nitrogens with two attached hydrogens (primary N) is 1. The summed E-state index contributed by atoms with van der Waals surface area (Å²) in [6, 6.07) is 0.693. The SMILES string of the molecule is COC(CN)CC(=O)N(C(C)C)C1CCCC1.Cl. The zero-order chi connectivity index (χ0) is 12.8. The number of hydrogen-bond acceptors (Lipinski definition) is 3. The lowest BCUT2D eigenvalue weighted by Crippen LogP contribution is -2.45. The van der Waals surface area contributed by atoms with E-state index in [-0.39, 0.29) is 30.5 Å². The van der Waals surface area contributed by atoms with Crippen molar-refractivity contribution in [1.82, 2.24) is 4.90 Å². The van der Waals surface area contributed by atoms with E-state index in [0.717, 1.165) is 12.8 Å². The van der Waals surface area contributed by atoms with Crippen molar-refractivity contribution in [2.45, 2.75) is 64.1 Å². The fourth-order valence-corrected chi connectivity index (χ4v) is 2.66. The summed E-state index contributed by atoms with van der Waals surface area (Å²) in [5, 5.41) is 0. The topological polar surface area (TPSA) is 55.6 Å². The van der Waals surface area contributed by atoms with Crippen molar-refractivity contribution in [2.75, 3.05) is 13.7 Å². The molecular weight excluding hydrogens is 252 g/mol. The molecule has 1 aliphatic carbocycles. The zero-order valence-corrected chi connectivity index (χ0v) is 12.5. The van der Waals surface area contributed by atoms with Crippen LogP contribution in [0.25, 0.3) is 0 Å². The summed E-state index contributed by atoms with van der Waals surface area (Å²) >= 11 is 0. The number of ether oxygens (including phenoxy) is 1. The number of methoxy groups -OCH3 is 1. The van der Waals surface area contributed by atoms with Crippen molar-refractivity contribution in [3.63, 3.8) is 0 Å². The van der Waals surface area contributed by atoms with Crippen LogP contribution in [-0.2, 0) is 9.53 Å². The van der Waals surface area contributed by atoms with Gasteiger partial charge in [0, 0.05) is 25.7 Å². The summed E-state index contributed by atoms with van der Waals surface area (Å²) in [7, 11) is 1.61. The van der Waals surface area contributed by atoms with Crippen LogP contribution < -0.4 is 5.73 Å². The molecule has 1 unspecified atom stereocenters. The van der Waals surface area contributed by atoms with Crippen LogP contribution in [0, 0.1) is 0 Å². The second kappa shape index (κ2) is 8.73. The van der Waals surface area contributed by atoms with E-state index in [1.54, 1.807) is 7.11 Å². The zero-order valence-electron chi connectivity index (χ0n) is 11.7. The highest BCUT2D eigenvalue weighted by molar-refractivity contribution is 5.85. The van der Waals surface area contributed by atoms with Crippen LogP contribution in [0.15, 0.2) is 0 Å². The number of carbonyl (C=O) groups excluding carboxylic acids is 1. The Hall–Kier alpha value is -0.320. The van der Waals surface area contributed by atoms with E-state index in [9.17, 15) is 4.79 Å². The average Bonchev–Trinajstić information content (AvgIpc) is 2.79. The summed E-state index contributed by atoms with van der Waals surface area (Å²) in [5.41, 5.74) is 5.57. The van der Waals surface area contributed by atoms with Gasteiger partial charge < -0.3 is 15.4 Å². The molecule has 0 saturated heterocycles.